The highest BCUT2D eigenvalue weighted by Crippen LogP contribution is 2.31. The van der Waals surface area contributed by atoms with Gasteiger partial charge in [0.2, 0.25) is 0 Å². The third-order valence-corrected chi connectivity index (χ3v) is 8.99. The monoisotopic (exact) mass is 642 g/mol. The van der Waals surface area contributed by atoms with Gasteiger partial charge in [-0.05, 0) is 85.2 Å². The molecule has 0 fully saturated rings. The average Bonchev–Trinajstić information content (AvgIpc) is 3.20. The number of aromatic nitrogens is 1. The number of halogens is 2. The Balaban J connectivity index is 1.58. The van der Waals surface area contributed by atoms with E-state index in [9.17, 15) is 13.2 Å². The van der Waals surface area contributed by atoms with E-state index in [1.165, 1.54) is 25.5 Å². The normalized spacial score (nSPS) is 11.6. The summed E-state index contributed by atoms with van der Waals surface area (Å²) in [6.07, 6.45) is 1.53. The molecule has 4 aromatic rings. The van der Waals surface area contributed by atoms with Crippen molar-refractivity contribution in [3.05, 3.63) is 105 Å². The second-order valence-corrected chi connectivity index (χ2v) is 12.2. The van der Waals surface area contributed by atoms with E-state index < -0.39 is 22.5 Å². The number of hydrogen-bond acceptors (Lipinski definition) is 5. The Morgan fingerprint density at radius 2 is 1.77 bits per heavy atom. The Labute approximate surface area is 247 Å². The van der Waals surface area contributed by atoms with Crippen molar-refractivity contribution >= 4 is 55.4 Å². The fraction of sp³-hybridized carbons (Fsp3) is 0.172. The second kappa shape index (κ2) is 12.3. The van der Waals surface area contributed by atoms with Gasteiger partial charge in [-0.25, -0.2) is 13.8 Å². The number of para-hydroxylation sites is 1. The van der Waals surface area contributed by atoms with Gasteiger partial charge in [-0.3, -0.25) is 9.10 Å². The number of anilines is 1. The van der Waals surface area contributed by atoms with Gasteiger partial charge in [0.25, 0.3) is 15.9 Å². The molecule has 0 radical (unpaired) electrons. The van der Waals surface area contributed by atoms with Crippen LogP contribution in [0.1, 0.15) is 22.5 Å². The highest BCUT2D eigenvalue weighted by molar-refractivity contribution is 9.10. The molecule has 4 rings (SSSR count). The zero-order valence-corrected chi connectivity index (χ0v) is 25.5. The van der Waals surface area contributed by atoms with E-state index in [-0.39, 0.29) is 4.90 Å². The summed E-state index contributed by atoms with van der Waals surface area (Å²) in [7, 11) is -2.62. The largest absolute Gasteiger partial charge is 0.496 e. The quantitative estimate of drug-likeness (QED) is 0.174. The minimum atomic E-state index is -4.11. The van der Waals surface area contributed by atoms with Gasteiger partial charge in [0.05, 0.1) is 39.1 Å². The van der Waals surface area contributed by atoms with Crippen LogP contribution < -0.4 is 14.5 Å². The molecular weight excluding hydrogens is 616 g/mol. The number of methoxy groups -OCH3 is 1. The number of benzene rings is 3. The molecule has 0 saturated carbocycles. The molecule has 0 aliphatic carbocycles. The summed E-state index contributed by atoms with van der Waals surface area (Å²) in [5.74, 6) is -0.116. The van der Waals surface area contributed by atoms with Crippen LogP contribution >= 0.6 is 27.5 Å². The molecule has 1 amide bonds. The van der Waals surface area contributed by atoms with Gasteiger partial charge in [0.15, 0.2) is 0 Å². The van der Waals surface area contributed by atoms with Crippen LogP contribution in [0, 0.1) is 20.8 Å². The predicted octanol–water partition coefficient (Wildman–Crippen LogP) is 6.17. The van der Waals surface area contributed by atoms with E-state index in [1.807, 2.05) is 55.7 Å². The smallest absolute Gasteiger partial charge is 0.264 e. The van der Waals surface area contributed by atoms with Crippen LogP contribution in [0.5, 0.6) is 5.75 Å². The maximum absolute atomic E-state index is 13.7. The summed E-state index contributed by atoms with van der Waals surface area (Å²) < 4.78 is 36.1. The number of hydrazone groups is 1. The molecule has 8 nitrogen and oxygen atoms in total. The van der Waals surface area contributed by atoms with Crippen molar-refractivity contribution in [2.45, 2.75) is 25.7 Å². The summed E-state index contributed by atoms with van der Waals surface area (Å²) in [5.41, 5.74) is 7.22. The van der Waals surface area contributed by atoms with Crippen LogP contribution in [0.25, 0.3) is 5.69 Å². The number of nitrogens with zero attached hydrogens (tertiary/aromatic N) is 3. The molecule has 40 heavy (non-hydrogen) atoms. The Bertz CT molecular complexity index is 1680. The predicted molar refractivity (Wildman–Crippen MR) is 162 cm³/mol. The topological polar surface area (TPSA) is 93.0 Å². The van der Waals surface area contributed by atoms with Crippen LogP contribution in [0.3, 0.4) is 0 Å². The van der Waals surface area contributed by atoms with E-state index in [1.54, 1.807) is 30.3 Å². The van der Waals surface area contributed by atoms with Gasteiger partial charge in [-0.2, -0.15) is 5.10 Å². The average molecular weight is 644 g/mol. The molecule has 0 spiro atoms. The third-order valence-electron chi connectivity index (χ3n) is 6.28. The van der Waals surface area contributed by atoms with Gasteiger partial charge >= 0.3 is 0 Å². The lowest BCUT2D eigenvalue weighted by molar-refractivity contribution is -0.119. The number of sulfonamides is 1. The summed E-state index contributed by atoms with van der Waals surface area (Å²) in [4.78, 5) is 13.0. The maximum Gasteiger partial charge on any atom is 0.264 e. The molecule has 208 valence electrons. The number of carbonyl (C=O) groups is 1. The van der Waals surface area contributed by atoms with Crippen molar-refractivity contribution in [3.63, 3.8) is 0 Å². The molecule has 1 aromatic heterocycles. The number of carbonyl (C=O) groups excluding carboxylic acids is 1. The second-order valence-electron chi connectivity index (χ2n) is 9.05. The fourth-order valence-corrected chi connectivity index (χ4v) is 6.58. The first-order chi connectivity index (χ1) is 19.0. The highest BCUT2D eigenvalue weighted by Gasteiger charge is 2.28. The number of rotatable bonds is 9. The summed E-state index contributed by atoms with van der Waals surface area (Å²) in [5, 5.41) is 4.72. The molecule has 0 atom stereocenters. The number of nitrogens with one attached hydrogen (secondary N) is 1. The first-order valence-electron chi connectivity index (χ1n) is 12.2. The molecule has 0 aliphatic heterocycles. The van der Waals surface area contributed by atoms with Crippen molar-refractivity contribution in [2.75, 3.05) is 18.0 Å². The van der Waals surface area contributed by atoms with E-state index in [0.29, 0.717) is 20.9 Å². The molecule has 0 unspecified atom stereocenters. The lowest BCUT2D eigenvalue weighted by Crippen LogP contribution is -2.39. The van der Waals surface area contributed by atoms with Crippen molar-refractivity contribution in [3.8, 4) is 11.4 Å². The maximum atomic E-state index is 13.7. The van der Waals surface area contributed by atoms with Crippen molar-refractivity contribution in [1.29, 1.82) is 0 Å². The molecule has 11 heteroatoms. The SMILES string of the molecule is COc1ccc(S(=O)(=O)N(CC(=O)N/N=C\c2cc(C)n(-c3ccccc3Cl)c2C)c2ccc(C)cc2)cc1Br. The highest BCUT2D eigenvalue weighted by atomic mass is 79.9. The van der Waals surface area contributed by atoms with Gasteiger partial charge in [-0.15, -0.1) is 0 Å². The van der Waals surface area contributed by atoms with E-state index in [0.717, 1.165) is 32.5 Å². The van der Waals surface area contributed by atoms with E-state index >= 15 is 0 Å². The Morgan fingerprint density at radius 1 is 1.07 bits per heavy atom. The first-order valence-corrected chi connectivity index (χ1v) is 14.8. The summed E-state index contributed by atoms with van der Waals surface area (Å²) in [6.45, 7) is 5.30. The van der Waals surface area contributed by atoms with Crippen LogP contribution in [-0.4, -0.2) is 38.8 Å². The molecule has 3 aromatic carbocycles. The Morgan fingerprint density at radius 3 is 2.42 bits per heavy atom. The van der Waals surface area contributed by atoms with Crippen LogP contribution in [-0.2, 0) is 14.8 Å². The standard InChI is InChI=1S/C29H28BrClN4O4S/c1-19-9-11-23(12-10-19)34(40(37,38)24-13-14-28(39-4)25(30)16-24)18-29(36)33-32-17-22-15-20(2)35(21(22)3)27-8-6-5-7-26(27)31/h5-17H,18H2,1-4H3,(H,33,36)/b32-17-. The lowest BCUT2D eigenvalue weighted by Gasteiger charge is -2.24. The number of amides is 1. The van der Waals surface area contributed by atoms with Crippen molar-refractivity contribution in [1.82, 2.24) is 9.99 Å². The molecule has 0 aliphatic rings. The first kappa shape index (κ1) is 29.4. The lowest BCUT2D eigenvalue weighted by atomic mass is 10.2. The number of ether oxygens (including phenoxy) is 1. The Kier molecular flexibility index (Phi) is 9.02. The molecule has 0 saturated heterocycles. The van der Waals surface area contributed by atoms with Crippen LogP contribution in [0.4, 0.5) is 5.69 Å². The Hall–Kier alpha value is -3.60. The molecule has 0 bridgehead atoms. The van der Waals surface area contributed by atoms with Crippen LogP contribution in [0.15, 0.2) is 87.3 Å². The van der Waals surface area contributed by atoms with Gasteiger partial charge in [0.1, 0.15) is 12.3 Å². The van der Waals surface area contributed by atoms with Crippen molar-refractivity contribution < 1.29 is 17.9 Å². The molecular formula is C29H28BrClN4O4S. The van der Waals surface area contributed by atoms with Crippen LogP contribution in [0.2, 0.25) is 5.02 Å². The molecule has 1 heterocycles. The van der Waals surface area contributed by atoms with Gasteiger partial charge in [-0.1, -0.05) is 41.4 Å². The number of aryl methyl sites for hydroxylation is 2. The fourth-order valence-electron chi connectivity index (χ4n) is 4.22. The van der Waals surface area contributed by atoms with Gasteiger partial charge in [0, 0.05) is 17.0 Å². The minimum absolute atomic E-state index is 0.00376. The van der Waals surface area contributed by atoms with Crippen molar-refractivity contribution in [2.24, 2.45) is 5.10 Å². The zero-order valence-electron chi connectivity index (χ0n) is 22.4. The zero-order chi connectivity index (χ0) is 29.0. The van der Waals surface area contributed by atoms with E-state index in [4.69, 9.17) is 16.3 Å². The number of hydrogen-bond donors (Lipinski definition) is 1. The molecule has 1 N–H and O–H groups in total. The van der Waals surface area contributed by atoms with E-state index in [2.05, 4.69) is 26.5 Å². The summed E-state index contributed by atoms with van der Waals surface area (Å²) in [6, 6.07) is 20.8. The van der Waals surface area contributed by atoms with Gasteiger partial charge < -0.3 is 9.30 Å². The third kappa shape index (κ3) is 6.24. The minimum Gasteiger partial charge on any atom is -0.496 e. The summed E-state index contributed by atoms with van der Waals surface area (Å²) >= 11 is 9.73.